The molecule has 1 N–H and O–H groups in total. The normalized spacial score (nSPS) is 33.9. The number of carbonyl (C=O) groups is 2. The van der Waals surface area contributed by atoms with Crippen molar-refractivity contribution in [3.05, 3.63) is 30.1 Å². The molecule has 6 rings (SSSR count). The molecule has 9 heteroatoms. The van der Waals surface area contributed by atoms with Gasteiger partial charge in [-0.15, -0.1) is 0 Å². The largest absolute Gasteiger partial charge is 0.454 e. The molecule has 1 aromatic carbocycles. The van der Waals surface area contributed by atoms with Crippen molar-refractivity contribution in [1.82, 2.24) is 9.62 Å². The van der Waals surface area contributed by atoms with E-state index in [0.717, 1.165) is 22.2 Å². The summed E-state index contributed by atoms with van der Waals surface area (Å²) in [5.41, 5.74) is 0. The van der Waals surface area contributed by atoms with Crippen molar-refractivity contribution in [2.75, 3.05) is 13.2 Å². The van der Waals surface area contributed by atoms with Gasteiger partial charge in [-0.25, -0.2) is 12.8 Å². The summed E-state index contributed by atoms with van der Waals surface area (Å²) in [6.07, 6.45) is 6.76. The molecule has 0 aromatic heterocycles. The van der Waals surface area contributed by atoms with E-state index in [1.807, 2.05) is 0 Å². The van der Waals surface area contributed by atoms with Gasteiger partial charge < -0.3 is 10.1 Å². The minimum Gasteiger partial charge on any atom is -0.454 e. The first-order chi connectivity index (χ1) is 15.3. The molecule has 0 unspecified atom stereocenters. The molecule has 5 fully saturated rings. The third kappa shape index (κ3) is 3.94. The molecule has 1 heterocycles. The molecule has 7 nitrogen and oxygen atoms in total. The molecule has 4 aliphatic carbocycles. The van der Waals surface area contributed by atoms with E-state index in [9.17, 15) is 22.4 Å². The lowest BCUT2D eigenvalue weighted by Gasteiger charge is -2.54. The van der Waals surface area contributed by atoms with Crippen LogP contribution in [-0.2, 0) is 24.3 Å². The van der Waals surface area contributed by atoms with Gasteiger partial charge in [0.2, 0.25) is 10.0 Å². The van der Waals surface area contributed by atoms with E-state index in [2.05, 4.69) is 5.32 Å². The van der Waals surface area contributed by atoms with Gasteiger partial charge in [0.1, 0.15) is 16.8 Å². The quantitative estimate of drug-likeness (QED) is 0.653. The highest BCUT2D eigenvalue weighted by molar-refractivity contribution is 7.89. The van der Waals surface area contributed by atoms with Gasteiger partial charge in [0.05, 0.1) is 0 Å². The Labute approximate surface area is 187 Å². The van der Waals surface area contributed by atoms with Crippen molar-refractivity contribution < 1.29 is 27.1 Å². The number of nitrogens with one attached hydrogen (secondary N) is 1. The molecule has 1 amide bonds. The smallest absolute Gasteiger partial charge is 0.324 e. The number of hydrogen-bond donors (Lipinski definition) is 1. The highest BCUT2D eigenvalue weighted by atomic mass is 32.2. The minimum absolute atomic E-state index is 0.108. The minimum atomic E-state index is -4.18. The topological polar surface area (TPSA) is 92.8 Å². The molecule has 1 aromatic rings. The maximum absolute atomic E-state index is 14.1. The second kappa shape index (κ2) is 8.41. The standard InChI is InChI=1S/C23H29FN2O5S/c24-18-4-1-2-6-20(18)32(29,30)26-7-3-5-19(26)23(28)31-13-21(27)25-22-16-9-14-8-15(11-16)12-17(22)10-14/h1-2,4,6,14-17,19,22H,3,5,7-13H2,(H,25,27)/t14?,15?,16?,17?,19-,22?/m1/s1. The van der Waals surface area contributed by atoms with E-state index < -0.39 is 39.4 Å². The first kappa shape index (κ1) is 21.8. The van der Waals surface area contributed by atoms with Gasteiger partial charge in [-0.05, 0) is 80.8 Å². The maximum Gasteiger partial charge on any atom is 0.324 e. The molecular weight excluding hydrogens is 435 g/mol. The zero-order chi connectivity index (χ0) is 22.5. The Balaban J connectivity index is 1.19. The average molecular weight is 465 g/mol. The fourth-order valence-corrected chi connectivity index (χ4v) is 8.38. The summed E-state index contributed by atoms with van der Waals surface area (Å²) in [5, 5.41) is 3.09. The fraction of sp³-hybridized carbons (Fsp3) is 0.652. The summed E-state index contributed by atoms with van der Waals surface area (Å²) in [5.74, 6) is 0.673. The van der Waals surface area contributed by atoms with Crippen molar-refractivity contribution in [3.63, 3.8) is 0 Å². The monoisotopic (exact) mass is 464 g/mol. The predicted molar refractivity (Wildman–Crippen MR) is 113 cm³/mol. The number of esters is 1. The van der Waals surface area contributed by atoms with Crippen LogP contribution in [0.5, 0.6) is 0 Å². The van der Waals surface area contributed by atoms with Crippen LogP contribution in [0.15, 0.2) is 29.2 Å². The molecule has 1 saturated heterocycles. The zero-order valence-electron chi connectivity index (χ0n) is 17.9. The van der Waals surface area contributed by atoms with Crippen molar-refractivity contribution in [2.45, 2.75) is 61.9 Å². The van der Waals surface area contributed by atoms with Crippen LogP contribution in [0, 0.1) is 29.5 Å². The van der Waals surface area contributed by atoms with Crippen LogP contribution in [0.4, 0.5) is 4.39 Å². The molecule has 0 radical (unpaired) electrons. The zero-order valence-corrected chi connectivity index (χ0v) is 18.7. The number of ether oxygens (including phenoxy) is 1. The predicted octanol–water partition coefficient (Wildman–Crippen LogP) is 2.46. The number of amides is 1. The molecule has 5 aliphatic rings. The third-order valence-electron chi connectivity index (χ3n) is 7.80. The number of benzene rings is 1. The average Bonchev–Trinajstić information content (AvgIpc) is 3.25. The number of sulfonamides is 1. The number of carbonyl (C=O) groups excluding carboxylic acids is 2. The van der Waals surface area contributed by atoms with E-state index >= 15 is 0 Å². The molecular formula is C23H29FN2O5S. The Morgan fingerprint density at radius 2 is 1.72 bits per heavy atom. The van der Waals surface area contributed by atoms with Gasteiger partial charge in [-0.1, -0.05) is 12.1 Å². The van der Waals surface area contributed by atoms with Gasteiger partial charge in [-0.2, -0.15) is 4.31 Å². The highest BCUT2D eigenvalue weighted by Gasteiger charge is 2.48. The first-order valence-electron chi connectivity index (χ1n) is 11.6. The second-order valence-electron chi connectivity index (χ2n) is 9.84. The lowest BCUT2D eigenvalue weighted by Crippen LogP contribution is -2.56. The summed E-state index contributed by atoms with van der Waals surface area (Å²) < 4.78 is 46.1. The molecule has 1 aliphatic heterocycles. The highest BCUT2D eigenvalue weighted by Crippen LogP contribution is 2.53. The van der Waals surface area contributed by atoms with Crippen LogP contribution in [-0.4, -0.2) is 49.8 Å². The van der Waals surface area contributed by atoms with Crippen LogP contribution in [0.1, 0.15) is 44.9 Å². The van der Waals surface area contributed by atoms with E-state index in [1.165, 1.54) is 50.3 Å². The van der Waals surface area contributed by atoms with Crippen LogP contribution >= 0.6 is 0 Å². The van der Waals surface area contributed by atoms with E-state index in [-0.39, 0.29) is 24.9 Å². The molecule has 4 bridgehead atoms. The Hall–Kier alpha value is -2.00. The van der Waals surface area contributed by atoms with Crippen LogP contribution in [0.25, 0.3) is 0 Å². The Morgan fingerprint density at radius 3 is 2.38 bits per heavy atom. The summed E-state index contributed by atoms with van der Waals surface area (Å²) in [6, 6.07) is 4.21. The number of nitrogens with zero attached hydrogens (tertiary/aromatic N) is 1. The second-order valence-corrected chi connectivity index (χ2v) is 11.7. The third-order valence-corrected chi connectivity index (χ3v) is 9.74. The maximum atomic E-state index is 14.1. The van der Waals surface area contributed by atoms with E-state index in [1.54, 1.807) is 0 Å². The molecule has 4 saturated carbocycles. The van der Waals surface area contributed by atoms with E-state index in [0.29, 0.717) is 18.3 Å². The first-order valence-corrected chi connectivity index (χ1v) is 13.0. The van der Waals surface area contributed by atoms with Crippen molar-refractivity contribution >= 4 is 21.9 Å². The van der Waals surface area contributed by atoms with Gasteiger partial charge in [0.25, 0.3) is 5.91 Å². The van der Waals surface area contributed by atoms with Crippen molar-refractivity contribution in [1.29, 1.82) is 0 Å². The van der Waals surface area contributed by atoms with Crippen molar-refractivity contribution in [3.8, 4) is 0 Å². The lowest BCUT2D eigenvalue weighted by molar-refractivity contribution is -0.152. The SMILES string of the molecule is O=C(COC(=O)[C@H]1CCCN1S(=O)(=O)c1ccccc1F)NC1C2CC3CC(C2)CC1C3. The Kier molecular flexibility index (Phi) is 5.73. The van der Waals surface area contributed by atoms with Gasteiger partial charge in [0, 0.05) is 12.6 Å². The summed E-state index contributed by atoms with van der Waals surface area (Å²) in [6.45, 7) is -0.317. The number of halogens is 1. The van der Waals surface area contributed by atoms with Crippen LogP contribution < -0.4 is 5.32 Å². The Morgan fingerprint density at radius 1 is 1.06 bits per heavy atom. The van der Waals surface area contributed by atoms with Crippen LogP contribution in [0.2, 0.25) is 0 Å². The molecule has 1 atom stereocenters. The summed E-state index contributed by atoms with van der Waals surface area (Å²) >= 11 is 0. The van der Waals surface area contributed by atoms with Crippen LogP contribution in [0.3, 0.4) is 0 Å². The van der Waals surface area contributed by atoms with Gasteiger partial charge in [0.15, 0.2) is 6.61 Å². The fourth-order valence-electron chi connectivity index (χ4n) is 6.66. The molecule has 32 heavy (non-hydrogen) atoms. The Bertz CT molecular complexity index is 985. The lowest BCUT2D eigenvalue weighted by atomic mass is 9.54. The van der Waals surface area contributed by atoms with Gasteiger partial charge >= 0.3 is 5.97 Å². The summed E-state index contributed by atoms with van der Waals surface area (Å²) in [4.78, 5) is 24.7. The summed E-state index contributed by atoms with van der Waals surface area (Å²) in [7, 11) is -4.18. The number of hydrogen-bond acceptors (Lipinski definition) is 5. The molecule has 0 spiro atoms. The van der Waals surface area contributed by atoms with Gasteiger partial charge in [-0.3, -0.25) is 9.59 Å². The van der Waals surface area contributed by atoms with E-state index in [4.69, 9.17) is 4.74 Å². The van der Waals surface area contributed by atoms with Crippen molar-refractivity contribution in [2.24, 2.45) is 23.7 Å². The molecule has 174 valence electrons. The number of rotatable bonds is 6.